The number of nitrogens with one attached hydrogen (secondary N) is 1. The van der Waals surface area contributed by atoms with Crippen molar-refractivity contribution in [3.8, 4) is 22.9 Å². The van der Waals surface area contributed by atoms with Crippen LogP contribution in [0.15, 0.2) is 36.4 Å². The molecule has 1 amide bonds. The van der Waals surface area contributed by atoms with Crippen molar-refractivity contribution >= 4 is 23.2 Å². The number of rotatable bonds is 4. The van der Waals surface area contributed by atoms with E-state index in [2.05, 4.69) is 20.8 Å². The highest BCUT2D eigenvalue weighted by molar-refractivity contribution is 6.32. The standard InChI is InChI=1S/C18H16ClN5O3/c1-24-18(21-22-23-24)12-3-2-4-13(10-12)20-16(25)9-11-7-14(19)17-15(8-11)26-5-6-27-17/h2-4,7-8,10H,5-6,9H2,1H3,(H,20,25). The Balaban J connectivity index is 1.49. The molecule has 0 aliphatic carbocycles. The summed E-state index contributed by atoms with van der Waals surface area (Å²) in [7, 11) is 1.76. The molecule has 0 fully saturated rings. The lowest BCUT2D eigenvalue weighted by atomic mass is 10.1. The normalized spacial score (nSPS) is 12.7. The number of hydrogen-bond acceptors (Lipinski definition) is 6. The minimum Gasteiger partial charge on any atom is -0.486 e. The number of fused-ring (bicyclic) bond motifs is 1. The second-order valence-corrected chi connectivity index (χ2v) is 6.44. The summed E-state index contributed by atoms with van der Waals surface area (Å²) in [6.45, 7) is 0.923. The number of anilines is 1. The lowest BCUT2D eigenvalue weighted by Crippen LogP contribution is -2.17. The van der Waals surface area contributed by atoms with Crippen LogP contribution in [0, 0.1) is 0 Å². The van der Waals surface area contributed by atoms with Gasteiger partial charge in [0.2, 0.25) is 5.91 Å². The number of tetrazole rings is 1. The van der Waals surface area contributed by atoms with Gasteiger partial charge in [0.05, 0.1) is 11.4 Å². The Morgan fingerprint density at radius 2 is 2.11 bits per heavy atom. The van der Waals surface area contributed by atoms with Gasteiger partial charge in [-0.25, -0.2) is 4.68 Å². The average Bonchev–Trinajstić information content (AvgIpc) is 3.08. The molecule has 0 unspecified atom stereocenters. The van der Waals surface area contributed by atoms with E-state index in [0.717, 1.165) is 11.1 Å². The fraction of sp³-hybridized carbons (Fsp3) is 0.222. The molecule has 2 heterocycles. The number of hydrogen-bond donors (Lipinski definition) is 1. The molecule has 0 bridgehead atoms. The van der Waals surface area contributed by atoms with E-state index < -0.39 is 0 Å². The van der Waals surface area contributed by atoms with E-state index in [4.69, 9.17) is 21.1 Å². The van der Waals surface area contributed by atoms with Crippen molar-refractivity contribution in [2.24, 2.45) is 7.05 Å². The van der Waals surface area contributed by atoms with E-state index in [1.54, 1.807) is 23.9 Å². The predicted octanol–water partition coefficient (Wildman–Crippen LogP) is 2.48. The maximum atomic E-state index is 12.5. The zero-order valence-corrected chi connectivity index (χ0v) is 15.2. The van der Waals surface area contributed by atoms with Gasteiger partial charge in [0.1, 0.15) is 13.2 Å². The Kier molecular flexibility index (Phi) is 4.64. The van der Waals surface area contributed by atoms with Gasteiger partial charge in [-0.05, 0) is 40.3 Å². The predicted molar refractivity (Wildman–Crippen MR) is 99.0 cm³/mol. The number of carbonyl (C=O) groups is 1. The minimum atomic E-state index is -0.170. The van der Waals surface area contributed by atoms with E-state index in [-0.39, 0.29) is 12.3 Å². The van der Waals surface area contributed by atoms with Gasteiger partial charge in [-0.1, -0.05) is 23.7 Å². The third-order valence-electron chi connectivity index (χ3n) is 4.05. The molecule has 2 aromatic carbocycles. The smallest absolute Gasteiger partial charge is 0.228 e. The van der Waals surface area contributed by atoms with Crippen molar-refractivity contribution in [2.75, 3.05) is 18.5 Å². The molecular formula is C18H16ClN5O3. The van der Waals surface area contributed by atoms with Crippen molar-refractivity contribution in [3.05, 3.63) is 47.0 Å². The molecule has 9 heteroatoms. The van der Waals surface area contributed by atoms with Crippen LogP contribution in [0.3, 0.4) is 0 Å². The summed E-state index contributed by atoms with van der Waals surface area (Å²) in [5.74, 6) is 1.53. The largest absolute Gasteiger partial charge is 0.486 e. The number of aromatic nitrogens is 4. The fourth-order valence-corrected chi connectivity index (χ4v) is 3.15. The van der Waals surface area contributed by atoms with Crippen molar-refractivity contribution in [2.45, 2.75) is 6.42 Å². The van der Waals surface area contributed by atoms with E-state index in [1.165, 1.54) is 0 Å². The van der Waals surface area contributed by atoms with Crippen LogP contribution >= 0.6 is 11.6 Å². The van der Waals surface area contributed by atoms with Gasteiger partial charge >= 0.3 is 0 Å². The second-order valence-electron chi connectivity index (χ2n) is 6.03. The molecule has 27 heavy (non-hydrogen) atoms. The molecule has 0 radical (unpaired) electrons. The quantitative estimate of drug-likeness (QED) is 0.741. The maximum Gasteiger partial charge on any atom is 0.228 e. The van der Waals surface area contributed by atoms with Crippen LogP contribution in [-0.2, 0) is 18.3 Å². The molecule has 1 N–H and O–H groups in total. The van der Waals surface area contributed by atoms with Gasteiger partial charge in [-0.15, -0.1) is 5.10 Å². The summed E-state index contributed by atoms with van der Waals surface area (Å²) >= 11 is 6.23. The van der Waals surface area contributed by atoms with Gasteiger partial charge in [-0.2, -0.15) is 0 Å². The van der Waals surface area contributed by atoms with Gasteiger partial charge in [0, 0.05) is 18.3 Å². The van der Waals surface area contributed by atoms with Crippen LogP contribution in [0.1, 0.15) is 5.56 Å². The van der Waals surface area contributed by atoms with Crippen molar-refractivity contribution in [1.29, 1.82) is 0 Å². The van der Waals surface area contributed by atoms with Gasteiger partial charge in [-0.3, -0.25) is 4.79 Å². The highest BCUT2D eigenvalue weighted by atomic mass is 35.5. The number of ether oxygens (including phenoxy) is 2. The van der Waals surface area contributed by atoms with Crippen LogP contribution in [0.25, 0.3) is 11.4 Å². The van der Waals surface area contributed by atoms with Crippen LogP contribution in [0.2, 0.25) is 5.02 Å². The zero-order chi connectivity index (χ0) is 18.8. The van der Waals surface area contributed by atoms with Gasteiger partial charge in [0.25, 0.3) is 0 Å². The Bertz CT molecular complexity index is 1000. The van der Waals surface area contributed by atoms with Crippen LogP contribution in [0.5, 0.6) is 11.5 Å². The summed E-state index contributed by atoms with van der Waals surface area (Å²) in [6, 6.07) is 10.8. The molecule has 1 aliphatic rings. The SMILES string of the molecule is Cn1nnnc1-c1cccc(NC(=O)Cc2cc(Cl)c3c(c2)OCCO3)c1. The molecular weight excluding hydrogens is 370 g/mol. The number of benzene rings is 2. The van der Waals surface area contributed by atoms with Crippen LogP contribution < -0.4 is 14.8 Å². The van der Waals surface area contributed by atoms with Crippen molar-refractivity contribution in [1.82, 2.24) is 20.2 Å². The van der Waals surface area contributed by atoms with Gasteiger partial charge < -0.3 is 14.8 Å². The van der Waals surface area contributed by atoms with Crippen molar-refractivity contribution < 1.29 is 14.3 Å². The maximum absolute atomic E-state index is 12.5. The lowest BCUT2D eigenvalue weighted by Gasteiger charge is -2.20. The summed E-state index contributed by atoms with van der Waals surface area (Å²) in [5, 5.41) is 14.7. The first-order chi connectivity index (χ1) is 13.1. The molecule has 0 saturated heterocycles. The molecule has 0 atom stereocenters. The number of amides is 1. The monoisotopic (exact) mass is 385 g/mol. The van der Waals surface area contributed by atoms with E-state index in [9.17, 15) is 4.79 Å². The lowest BCUT2D eigenvalue weighted by molar-refractivity contribution is -0.115. The molecule has 1 aliphatic heterocycles. The first kappa shape index (κ1) is 17.3. The highest BCUT2D eigenvalue weighted by Gasteiger charge is 2.18. The Morgan fingerprint density at radius 1 is 1.26 bits per heavy atom. The Morgan fingerprint density at radius 3 is 2.93 bits per heavy atom. The zero-order valence-electron chi connectivity index (χ0n) is 14.5. The third-order valence-corrected chi connectivity index (χ3v) is 4.33. The number of nitrogens with zero attached hydrogens (tertiary/aromatic N) is 4. The molecule has 0 saturated carbocycles. The topological polar surface area (TPSA) is 91.2 Å². The molecule has 138 valence electrons. The summed E-state index contributed by atoms with van der Waals surface area (Å²) < 4.78 is 12.6. The molecule has 3 aromatic rings. The molecule has 1 aromatic heterocycles. The molecule has 4 rings (SSSR count). The van der Waals surface area contributed by atoms with E-state index in [1.807, 2.05) is 24.3 Å². The fourth-order valence-electron chi connectivity index (χ4n) is 2.87. The number of aryl methyl sites for hydroxylation is 1. The Labute approximate surface area is 160 Å². The first-order valence-corrected chi connectivity index (χ1v) is 8.68. The minimum absolute atomic E-state index is 0.159. The molecule has 8 nitrogen and oxygen atoms in total. The number of halogens is 1. The average molecular weight is 386 g/mol. The summed E-state index contributed by atoms with van der Waals surface area (Å²) in [5.41, 5.74) is 2.21. The number of carbonyl (C=O) groups excluding carboxylic acids is 1. The van der Waals surface area contributed by atoms with E-state index >= 15 is 0 Å². The summed E-state index contributed by atoms with van der Waals surface area (Å²) in [6.07, 6.45) is 0.159. The molecule has 0 spiro atoms. The van der Waals surface area contributed by atoms with E-state index in [0.29, 0.717) is 41.2 Å². The summed E-state index contributed by atoms with van der Waals surface area (Å²) in [4.78, 5) is 12.5. The van der Waals surface area contributed by atoms with Crippen LogP contribution in [0.4, 0.5) is 5.69 Å². The first-order valence-electron chi connectivity index (χ1n) is 8.31. The van der Waals surface area contributed by atoms with Crippen LogP contribution in [-0.4, -0.2) is 39.3 Å². The second kappa shape index (κ2) is 7.24. The highest BCUT2D eigenvalue weighted by Crippen LogP contribution is 2.38. The van der Waals surface area contributed by atoms with Crippen molar-refractivity contribution in [3.63, 3.8) is 0 Å². The van der Waals surface area contributed by atoms with Gasteiger partial charge in [0.15, 0.2) is 17.3 Å². The Hall–Kier alpha value is -3.13. The third kappa shape index (κ3) is 3.70.